The zero-order valence-corrected chi connectivity index (χ0v) is 13.8. The number of hydrogen-bond acceptors (Lipinski definition) is 5. The Bertz CT molecular complexity index is 726. The monoisotopic (exact) mass is 344 g/mol. The normalized spacial score (nSPS) is 24.2. The van der Waals surface area contributed by atoms with E-state index in [2.05, 4.69) is 5.32 Å². The standard InChI is InChI=1S/C18H20N2O5/c21-16-5-4-14(17(22)19-16)20-10-13-12(18(20)23)2-1-3-15(13)25-11-6-8-24-9-7-11/h1-3,11,14H,4-10H2,(H,19,21,22). The first-order chi connectivity index (χ1) is 12.1. The van der Waals surface area contributed by atoms with E-state index in [1.54, 1.807) is 17.0 Å². The number of hydrogen-bond donors (Lipinski definition) is 1. The molecule has 3 heterocycles. The van der Waals surface area contributed by atoms with Crippen molar-refractivity contribution >= 4 is 17.7 Å². The van der Waals surface area contributed by atoms with E-state index in [0.29, 0.717) is 37.5 Å². The van der Waals surface area contributed by atoms with Gasteiger partial charge in [0.1, 0.15) is 17.9 Å². The van der Waals surface area contributed by atoms with Gasteiger partial charge in [-0.2, -0.15) is 0 Å². The summed E-state index contributed by atoms with van der Waals surface area (Å²) in [6.07, 6.45) is 2.35. The predicted molar refractivity (Wildman–Crippen MR) is 87.0 cm³/mol. The quantitative estimate of drug-likeness (QED) is 0.827. The Labute approximate surface area is 145 Å². The molecular weight excluding hydrogens is 324 g/mol. The van der Waals surface area contributed by atoms with E-state index < -0.39 is 11.9 Å². The number of imide groups is 1. The minimum atomic E-state index is -0.603. The predicted octanol–water partition coefficient (Wildman–Crippen LogP) is 1.01. The summed E-state index contributed by atoms with van der Waals surface area (Å²) in [4.78, 5) is 37.8. The average Bonchev–Trinajstić information content (AvgIpc) is 2.94. The van der Waals surface area contributed by atoms with Gasteiger partial charge in [0.05, 0.1) is 19.8 Å². The Morgan fingerprint density at radius 2 is 1.92 bits per heavy atom. The van der Waals surface area contributed by atoms with Gasteiger partial charge in [-0.05, 0) is 18.6 Å². The molecule has 4 rings (SSSR count). The maximum Gasteiger partial charge on any atom is 0.255 e. The molecule has 0 aromatic heterocycles. The molecule has 7 nitrogen and oxygen atoms in total. The van der Waals surface area contributed by atoms with Crippen LogP contribution in [0, 0.1) is 0 Å². The first-order valence-corrected chi connectivity index (χ1v) is 8.64. The first kappa shape index (κ1) is 16.1. The third kappa shape index (κ3) is 3.00. The van der Waals surface area contributed by atoms with Gasteiger partial charge in [-0.25, -0.2) is 0 Å². The van der Waals surface area contributed by atoms with Gasteiger partial charge in [-0.3, -0.25) is 19.7 Å². The van der Waals surface area contributed by atoms with Gasteiger partial charge in [0.2, 0.25) is 11.8 Å². The summed E-state index contributed by atoms with van der Waals surface area (Å²) in [5.74, 6) is -0.160. The molecule has 3 amide bonds. The smallest absolute Gasteiger partial charge is 0.255 e. The van der Waals surface area contributed by atoms with Crippen molar-refractivity contribution in [2.45, 2.75) is 44.4 Å². The van der Waals surface area contributed by atoms with Crippen LogP contribution in [-0.2, 0) is 20.9 Å². The minimum absolute atomic E-state index is 0.0833. The lowest BCUT2D eigenvalue weighted by atomic mass is 10.0. The van der Waals surface area contributed by atoms with Crippen molar-refractivity contribution in [1.29, 1.82) is 0 Å². The van der Waals surface area contributed by atoms with Crippen LogP contribution < -0.4 is 10.1 Å². The fraction of sp³-hybridized carbons (Fsp3) is 0.500. The number of amides is 3. The Kier molecular flexibility index (Phi) is 4.17. The highest BCUT2D eigenvalue weighted by Crippen LogP contribution is 2.34. The second kappa shape index (κ2) is 6.48. The third-order valence-electron chi connectivity index (χ3n) is 5.00. The molecule has 132 valence electrons. The zero-order valence-electron chi connectivity index (χ0n) is 13.8. The number of ether oxygens (including phenoxy) is 2. The molecule has 3 aliphatic rings. The van der Waals surface area contributed by atoms with E-state index in [0.717, 1.165) is 18.4 Å². The summed E-state index contributed by atoms with van der Waals surface area (Å²) in [7, 11) is 0. The van der Waals surface area contributed by atoms with Crippen LogP contribution >= 0.6 is 0 Å². The van der Waals surface area contributed by atoms with E-state index >= 15 is 0 Å². The minimum Gasteiger partial charge on any atom is -0.490 e. The SMILES string of the molecule is O=C1CCC(N2Cc3c(OC4CCOCC4)cccc3C2=O)C(=O)N1. The summed E-state index contributed by atoms with van der Waals surface area (Å²) in [5.41, 5.74) is 1.40. The van der Waals surface area contributed by atoms with Gasteiger partial charge in [-0.15, -0.1) is 0 Å². The van der Waals surface area contributed by atoms with Gasteiger partial charge in [0.15, 0.2) is 0 Å². The van der Waals surface area contributed by atoms with Crippen molar-refractivity contribution in [3.05, 3.63) is 29.3 Å². The summed E-state index contributed by atoms with van der Waals surface area (Å²) in [6.45, 7) is 1.70. The van der Waals surface area contributed by atoms with Crippen molar-refractivity contribution in [3.8, 4) is 5.75 Å². The maximum absolute atomic E-state index is 12.8. The number of nitrogens with zero attached hydrogens (tertiary/aromatic N) is 1. The molecule has 25 heavy (non-hydrogen) atoms. The average molecular weight is 344 g/mol. The van der Waals surface area contributed by atoms with E-state index in [9.17, 15) is 14.4 Å². The van der Waals surface area contributed by atoms with Crippen molar-refractivity contribution in [3.63, 3.8) is 0 Å². The number of benzene rings is 1. The molecule has 1 aromatic carbocycles. The van der Waals surface area contributed by atoms with Gasteiger partial charge < -0.3 is 14.4 Å². The molecule has 2 fully saturated rings. The number of fused-ring (bicyclic) bond motifs is 1. The lowest BCUT2D eigenvalue weighted by molar-refractivity contribution is -0.136. The number of nitrogens with one attached hydrogen (secondary N) is 1. The third-order valence-corrected chi connectivity index (χ3v) is 5.00. The highest BCUT2D eigenvalue weighted by atomic mass is 16.5. The molecule has 0 spiro atoms. The largest absolute Gasteiger partial charge is 0.490 e. The molecular formula is C18H20N2O5. The lowest BCUT2D eigenvalue weighted by Gasteiger charge is -2.29. The molecule has 0 radical (unpaired) electrons. The number of rotatable bonds is 3. The van der Waals surface area contributed by atoms with Crippen LogP contribution in [0.15, 0.2) is 18.2 Å². The van der Waals surface area contributed by atoms with Gasteiger partial charge in [0, 0.05) is 30.4 Å². The Morgan fingerprint density at radius 1 is 1.12 bits per heavy atom. The van der Waals surface area contributed by atoms with Crippen LogP contribution in [0.5, 0.6) is 5.75 Å². The fourth-order valence-electron chi connectivity index (χ4n) is 3.64. The highest BCUT2D eigenvalue weighted by molar-refractivity contribution is 6.05. The van der Waals surface area contributed by atoms with Crippen molar-refractivity contribution in [1.82, 2.24) is 10.2 Å². The van der Waals surface area contributed by atoms with Crippen molar-refractivity contribution < 1.29 is 23.9 Å². The number of carbonyl (C=O) groups is 3. The van der Waals surface area contributed by atoms with Crippen LogP contribution in [0.25, 0.3) is 0 Å². The summed E-state index contributed by atoms with van der Waals surface area (Å²) < 4.78 is 11.5. The fourth-order valence-corrected chi connectivity index (χ4v) is 3.64. The van der Waals surface area contributed by atoms with E-state index in [1.807, 2.05) is 6.07 Å². The topological polar surface area (TPSA) is 84.9 Å². The maximum atomic E-state index is 12.8. The second-order valence-electron chi connectivity index (χ2n) is 6.61. The second-order valence-corrected chi connectivity index (χ2v) is 6.61. The molecule has 0 bridgehead atoms. The molecule has 1 atom stereocenters. The molecule has 2 saturated heterocycles. The summed E-state index contributed by atoms with van der Waals surface area (Å²) in [5, 5.41) is 2.32. The molecule has 7 heteroatoms. The van der Waals surface area contributed by atoms with Crippen LogP contribution in [0.2, 0.25) is 0 Å². The van der Waals surface area contributed by atoms with E-state index in [-0.39, 0.29) is 24.3 Å². The number of piperidine rings is 1. The first-order valence-electron chi connectivity index (χ1n) is 8.64. The summed E-state index contributed by atoms with van der Waals surface area (Å²) in [6, 6.07) is 4.84. The molecule has 3 aliphatic heterocycles. The van der Waals surface area contributed by atoms with Crippen LogP contribution in [0.4, 0.5) is 0 Å². The Morgan fingerprint density at radius 3 is 2.68 bits per heavy atom. The molecule has 1 unspecified atom stereocenters. The number of carbonyl (C=O) groups excluding carboxylic acids is 3. The Balaban J connectivity index is 1.55. The van der Waals surface area contributed by atoms with Crippen LogP contribution in [-0.4, -0.2) is 48.0 Å². The van der Waals surface area contributed by atoms with Crippen LogP contribution in [0.1, 0.15) is 41.6 Å². The molecule has 1 N–H and O–H groups in total. The highest BCUT2D eigenvalue weighted by Gasteiger charge is 2.40. The van der Waals surface area contributed by atoms with Gasteiger partial charge >= 0.3 is 0 Å². The van der Waals surface area contributed by atoms with Crippen molar-refractivity contribution in [2.75, 3.05) is 13.2 Å². The zero-order chi connectivity index (χ0) is 17.4. The van der Waals surface area contributed by atoms with Gasteiger partial charge in [0.25, 0.3) is 5.91 Å². The molecule has 1 aromatic rings. The molecule has 0 saturated carbocycles. The molecule has 0 aliphatic carbocycles. The Hall–Kier alpha value is -2.41. The van der Waals surface area contributed by atoms with E-state index in [4.69, 9.17) is 9.47 Å². The van der Waals surface area contributed by atoms with Crippen LogP contribution in [0.3, 0.4) is 0 Å². The van der Waals surface area contributed by atoms with Crippen molar-refractivity contribution in [2.24, 2.45) is 0 Å². The van der Waals surface area contributed by atoms with E-state index in [1.165, 1.54) is 0 Å². The summed E-state index contributed by atoms with van der Waals surface area (Å²) >= 11 is 0. The lowest BCUT2D eigenvalue weighted by Crippen LogP contribution is -2.52. The van der Waals surface area contributed by atoms with Gasteiger partial charge in [-0.1, -0.05) is 6.07 Å².